The highest BCUT2D eigenvalue weighted by Crippen LogP contribution is 2.67. The van der Waals surface area contributed by atoms with Gasteiger partial charge >= 0.3 is 6.36 Å². The minimum Gasteiger partial charge on any atom is -0.424 e. The molecule has 2 bridgehead atoms. The second-order valence-electron chi connectivity index (χ2n) is 9.41. The largest absolute Gasteiger partial charge is 0.522 e. The molecule has 0 aliphatic heterocycles. The molecule has 1 amide bonds. The summed E-state index contributed by atoms with van der Waals surface area (Å²) in [7, 11) is 0. The summed E-state index contributed by atoms with van der Waals surface area (Å²) in [5.74, 6) is 0.398. The van der Waals surface area contributed by atoms with Crippen molar-refractivity contribution in [1.29, 1.82) is 0 Å². The van der Waals surface area contributed by atoms with Gasteiger partial charge in [0.2, 0.25) is 11.8 Å². The number of benzene rings is 1. The number of ether oxygens (including phenoxy) is 1. The molecule has 4 fully saturated rings. The zero-order valence-electron chi connectivity index (χ0n) is 17.2. The van der Waals surface area contributed by atoms with Gasteiger partial charge in [0.1, 0.15) is 5.69 Å². The Hall–Kier alpha value is -2.72. The summed E-state index contributed by atoms with van der Waals surface area (Å²) in [6.45, 7) is 0. The summed E-state index contributed by atoms with van der Waals surface area (Å²) in [6.07, 6.45) is -1.40. The number of rotatable bonds is 5. The zero-order valence-corrected chi connectivity index (χ0v) is 17.9. The van der Waals surface area contributed by atoms with Gasteiger partial charge in [0.25, 0.3) is 5.91 Å². The van der Waals surface area contributed by atoms with Gasteiger partial charge < -0.3 is 9.73 Å². The van der Waals surface area contributed by atoms with Gasteiger partial charge in [-0.3, -0.25) is 14.5 Å². The molecule has 0 unspecified atom stereocenters. The number of nitrogens with one attached hydrogen (secondary N) is 1. The maximum Gasteiger partial charge on any atom is 0.522 e. The summed E-state index contributed by atoms with van der Waals surface area (Å²) in [5, 5.41) is 13.6. The van der Waals surface area contributed by atoms with Gasteiger partial charge in [-0.25, -0.2) is 0 Å². The molecule has 172 valence electrons. The first-order chi connectivity index (χ1) is 15.6. The van der Waals surface area contributed by atoms with Crippen molar-refractivity contribution in [3.8, 4) is 0 Å². The van der Waals surface area contributed by atoms with E-state index in [2.05, 4.69) is 25.2 Å². The minimum absolute atomic E-state index is 0.207. The summed E-state index contributed by atoms with van der Waals surface area (Å²) >= 11 is 5.99. The molecular formula is C22H18ClF3N4O3. The molecule has 33 heavy (non-hydrogen) atoms. The van der Waals surface area contributed by atoms with Crippen LogP contribution in [0.15, 0.2) is 34.9 Å². The molecule has 0 radical (unpaired) electrons. The molecule has 1 aromatic carbocycles. The van der Waals surface area contributed by atoms with E-state index in [-0.39, 0.29) is 35.6 Å². The first-order valence-electron chi connectivity index (χ1n) is 10.6. The maximum atomic E-state index is 12.8. The molecule has 4 aliphatic carbocycles. The average molecular weight is 479 g/mol. The van der Waals surface area contributed by atoms with E-state index in [1.807, 2.05) is 6.07 Å². The van der Waals surface area contributed by atoms with Crippen LogP contribution in [0.3, 0.4) is 0 Å². The highest BCUT2D eigenvalue weighted by molar-refractivity contribution is 6.31. The first kappa shape index (κ1) is 20.9. The number of pyridine rings is 1. The number of amides is 1. The molecule has 0 atom stereocenters. The number of alkyl halides is 3. The SMILES string of the molecule is O=C(NC12CC(c3nnc([C@H]4C[C@@H](OC(F)(F)F)C4)o3)(C1)C2)c1cc2ccc(Cl)cc2cn1. The number of hydrogen-bond donors (Lipinski definition) is 1. The van der Waals surface area contributed by atoms with Crippen molar-refractivity contribution in [3.63, 3.8) is 0 Å². The average Bonchev–Trinajstić information content (AvgIpc) is 3.13. The number of aromatic nitrogens is 3. The van der Waals surface area contributed by atoms with E-state index in [4.69, 9.17) is 16.0 Å². The fraction of sp³-hybridized carbons (Fsp3) is 0.455. The molecule has 4 saturated carbocycles. The monoisotopic (exact) mass is 478 g/mol. The molecule has 7 rings (SSSR count). The fourth-order valence-electron chi connectivity index (χ4n) is 5.36. The van der Waals surface area contributed by atoms with Crippen LogP contribution in [0.4, 0.5) is 13.2 Å². The van der Waals surface area contributed by atoms with Crippen LogP contribution in [0.25, 0.3) is 10.8 Å². The van der Waals surface area contributed by atoms with Crippen molar-refractivity contribution < 1.29 is 27.1 Å². The quantitative estimate of drug-likeness (QED) is 0.573. The zero-order chi connectivity index (χ0) is 23.0. The molecule has 11 heteroatoms. The third kappa shape index (κ3) is 3.56. The van der Waals surface area contributed by atoms with E-state index < -0.39 is 12.5 Å². The Balaban J connectivity index is 1.06. The molecule has 1 N–H and O–H groups in total. The van der Waals surface area contributed by atoms with Crippen LogP contribution < -0.4 is 5.32 Å². The Bertz CT molecular complexity index is 1250. The summed E-state index contributed by atoms with van der Waals surface area (Å²) in [4.78, 5) is 17.0. The van der Waals surface area contributed by atoms with Gasteiger partial charge in [-0.05, 0) is 55.7 Å². The van der Waals surface area contributed by atoms with Crippen molar-refractivity contribution in [2.45, 2.75) is 61.4 Å². The molecule has 4 aliphatic rings. The number of carbonyl (C=O) groups is 1. The van der Waals surface area contributed by atoms with E-state index in [1.165, 1.54) is 0 Å². The molecule has 2 aromatic heterocycles. The van der Waals surface area contributed by atoms with E-state index in [0.717, 1.165) is 10.8 Å². The van der Waals surface area contributed by atoms with Crippen molar-refractivity contribution in [3.05, 3.63) is 53.0 Å². The number of carbonyl (C=O) groups excluding carboxylic acids is 1. The number of nitrogens with zero attached hydrogens (tertiary/aromatic N) is 3. The Labute approximate surface area is 190 Å². The van der Waals surface area contributed by atoms with Crippen LogP contribution in [-0.2, 0) is 10.2 Å². The Kier molecular flexibility index (Phi) is 4.36. The summed E-state index contributed by atoms with van der Waals surface area (Å²) in [6, 6.07) is 7.14. The molecule has 7 nitrogen and oxygen atoms in total. The van der Waals surface area contributed by atoms with Gasteiger partial charge in [-0.2, -0.15) is 0 Å². The van der Waals surface area contributed by atoms with Crippen LogP contribution in [-0.4, -0.2) is 39.1 Å². The first-order valence-corrected chi connectivity index (χ1v) is 11.0. The van der Waals surface area contributed by atoms with Gasteiger partial charge in [0, 0.05) is 28.1 Å². The van der Waals surface area contributed by atoms with Crippen LogP contribution in [0.5, 0.6) is 0 Å². The van der Waals surface area contributed by atoms with E-state index in [9.17, 15) is 18.0 Å². The lowest BCUT2D eigenvalue weighted by Crippen LogP contribution is -2.76. The lowest BCUT2D eigenvalue weighted by Gasteiger charge is -2.68. The number of hydrogen-bond acceptors (Lipinski definition) is 6. The molecule has 3 aromatic rings. The Morgan fingerprint density at radius 2 is 1.91 bits per heavy atom. The van der Waals surface area contributed by atoms with Crippen LogP contribution in [0.1, 0.15) is 60.3 Å². The second kappa shape index (κ2) is 6.89. The highest BCUT2D eigenvalue weighted by atomic mass is 35.5. The standard InChI is InChI=1S/C22H18ClF3N4O3/c23-14-2-1-11-6-16(27-7-13(11)3-14)17(31)28-21-8-20(9-21,10-21)19-30-29-18(32-19)12-4-15(5-12)33-22(24,25)26/h1-3,6-7,12,15H,4-5,8-10H2,(H,28,31)/t12-,15+,20?,21?. The summed E-state index contributed by atoms with van der Waals surface area (Å²) < 4.78 is 46.7. The van der Waals surface area contributed by atoms with Gasteiger partial charge in [0.05, 0.1) is 11.5 Å². The lowest BCUT2D eigenvalue weighted by atomic mass is 9.39. The maximum absolute atomic E-state index is 12.8. The lowest BCUT2D eigenvalue weighted by molar-refractivity contribution is -0.352. The molecule has 0 spiro atoms. The van der Waals surface area contributed by atoms with Crippen molar-refractivity contribution in [2.75, 3.05) is 0 Å². The smallest absolute Gasteiger partial charge is 0.424 e. The molecule has 0 saturated heterocycles. The van der Waals surface area contributed by atoms with Crippen molar-refractivity contribution in [2.24, 2.45) is 0 Å². The van der Waals surface area contributed by atoms with E-state index >= 15 is 0 Å². The van der Waals surface area contributed by atoms with Gasteiger partial charge in [-0.1, -0.05) is 17.7 Å². The van der Waals surface area contributed by atoms with Crippen molar-refractivity contribution in [1.82, 2.24) is 20.5 Å². The second-order valence-corrected chi connectivity index (χ2v) is 9.84. The Morgan fingerprint density at radius 3 is 2.64 bits per heavy atom. The van der Waals surface area contributed by atoms with E-state index in [0.29, 0.717) is 41.8 Å². The fourth-order valence-corrected chi connectivity index (χ4v) is 5.54. The molecular weight excluding hydrogens is 461 g/mol. The number of fused-ring (bicyclic) bond motifs is 1. The van der Waals surface area contributed by atoms with Gasteiger partial charge in [-0.15, -0.1) is 23.4 Å². The summed E-state index contributed by atoms with van der Waals surface area (Å²) in [5.41, 5.74) is -0.244. The Morgan fingerprint density at radius 1 is 1.15 bits per heavy atom. The minimum atomic E-state index is -4.63. The third-order valence-electron chi connectivity index (χ3n) is 6.96. The third-order valence-corrected chi connectivity index (χ3v) is 7.20. The van der Waals surface area contributed by atoms with Crippen LogP contribution in [0, 0.1) is 0 Å². The van der Waals surface area contributed by atoms with Crippen LogP contribution in [0.2, 0.25) is 5.02 Å². The van der Waals surface area contributed by atoms with E-state index in [1.54, 1.807) is 24.4 Å². The van der Waals surface area contributed by atoms with Crippen LogP contribution >= 0.6 is 11.6 Å². The normalized spacial score (nSPS) is 30.3. The number of halogens is 4. The predicted octanol–water partition coefficient (Wildman–Crippen LogP) is 4.66. The topological polar surface area (TPSA) is 90.1 Å². The highest BCUT2D eigenvalue weighted by Gasteiger charge is 2.72. The predicted molar refractivity (Wildman–Crippen MR) is 110 cm³/mol. The van der Waals surface area contributed by atoms with Gasteiger partial charge in [0.15, 0.2) is 0 Å². The van der Waals surface area contributed by atoms with Crippen molar-refractivity contribution >= 4 is 28.3 Å². The molecule has 2 heterocycles.